The molecule has 0 radical (unpaired) electrons. The van der Waals surface area contributed by atoms with Gasteiger partial charge in [-0.15, -0.1) is 0 Å². The van der Waals surface area contributed by atoms with Crippen molar-refractivity contribution in [1.82, 2.24) is 15.6 Å². The average Bonchev–Trinajstić information content (AvgIpc) is 2.49. The lowest BCUT2D eigenvalue weighted by Gasteiger charge is -2.13. The van der Waals surface area contributed by atoms with Crippen LogP contribution in [0.25, 0.3) is 0 Å². The SMILES string of the molecule is O=C(CNCc1ccccn1)NCCC1=CCCCC1. The Morgan fingerprint density at radius 1 is 1.30 bits per heavy atom. The number of rotatable bonds is 7. The van der Waals surface area contributed by atoms with Crippen LogP contribution in [0.3, 0.4) is 0 Å². The molecule has 4 nitrogen and oxygen atoms in total. The first-order valence-corrected chi connectivity index (χ1v) is 7.40. The van der Waals surface area contributed by atoms with Crippen molar-refractivity contribution in [3.05, 3.63) is 41.7 Å². The molecule has 0 unspecified atom stereocenters. The van der Waals surface area contributed by atoms with E-state index < -0.39 is 0 Å². The van der Waals surface area contributed by atoms with Gasteiger partial charge in [0.05, 0.1) is 12.2 Å². The highest BCUT2D eigenvalue weighted by atomic mass is 16.1. The van der Waals surface area contributed by atoms with Gasteiger partial charge in [0.1, 0.15) is 0 Å². The van der Waals surface area contributed by atoms with Crippen LogP contribution in [0.5, 0.6) is 0 Å². The Bertz CT molecular complexity index is 442. The molecule has 4 heteroatoms. The second-order valence-corrected chi connectivity index (χ2v) is 5.13. The number of carbonyl (C=O) groups excluding carboxylic acids is 1. The van der Waals surface area contributed by atoms with Crippen molar-refractivity contribution in [2.45, 2.75) is 38.6 Å². The minimum absolute atomic E-state index is 0.0531. The Morgan fingerprint density at radius 2 is 2.25 bits per heavy atom. The van der Waals surface area contributed by atoms with Gasteiger partial charge in [0.2, 0.25) is 5.91 Å². The summed E-state index contributed by atoms with van der Waals surface area (Å²) in [5.74, 6) is 0.0531. The highest BCUT2D eigenvalue weighted by molar-refractivity contribution is 5.77. The molecule has 0 aliphatic heterocycles. The second-order valence-electron chi connectivity index (χ2n) is 5.13. The maximum atomic E-state index is 11.7. The number of nitrogens with one attached hydrogen (secondary N) is 2. The Balaban J connectivity index is 1.55. The summed E-state index contributed by atoms with van der Waals surface area (Å²) in [5, 5.41) is 6.05. The number of amides is 1. The minimum atomic E-state index is 0.0531. The molecule has 108 valence electrons. The Labute approximate surface area is 120 Å². The van der Waals surface area contributed by atoms with E-state index in [0.717, 1.165) is 18.7 Å². The van der Waals surface area contributed by atoms with Crippen LogP contribution in [0.1, 0.15) is 37.8 Å². The lowest BCUT2D eigenvalue weighted by atomic mass is 9.97. The van der Waals surface area contributed by atoms with E-state index >= 15 is 0 Å². The summed E-state index contributed by atoms with van der Waals surface area (Å²) in [4.78, 5) is 15.9. The normalized spacial score (nSPS) is 14.7. The second kappa shape index (κ2) is 8.48. The van der Waals surface area contributed by atoms with E-state index in [4.69, 9.17) is 0 Å². The van der Waals surface area contributed by atoms with Crippen LogP contribution in [-0.4, -0.2) is 24.0 Å². The van der Waals surface area contributed by atoms with E-state index in [2.05, 4.69) is 21.7 Å². The first-order valence-electron chi connectivity index (χ1n) is 7.40. The predicted molar refractivity (Wildman–Crippen MR) is 80.1 cm³/mol. The fraction of sp³-hybridized carbons (Fsp3) is 0.500. The fourth-order valence-electron chi connectivity index (χ4n) is 2.36. The summed E-state index contributed by atoms with van der Waals surface area (Å²) in [5.41, 5.74) is 2.45. The third-order valence-electron chi connectivity index (χ3n) is 3.47. The minimum Gasteiger partial charge on any atom is -0.355 e. The summed E-state index contributed by atoms with van der Waals surface area (Å²) < 4.78 is 0. The number of nitrogens with zero attached hydrogens (tertiary/aromatic N) is 1. The molecule has 0 bridgehead atoms. The van der Waals surface area contributed by atoms with Gasteiger partial charge in [-0.1, -0.05) is 17.7 Å². The molecular formula is C16H23N3O. The van der Waals surface area contributed by atoms with Crippen molar-refractivity contribution >= 4 is 5.91 Å². The molecule has 0 atom stereocenters. The van der Waals surface area contributed by atoms with E-state index in [1.807, 2.05) is 18.2 Å². The van der Waals surface area contributed by atoms with Gasteiger partial charge < -0.3 is 10.6 Å². The largest absolute Gasteiger partial charge is 0.355 e. The van der Waals surface area contributed by atoms with Crippen molar-refractivity contribution in [2.75, 3.05) is 13.1 Å². The molecule has 2 rings (SSSR count). The fourth-order valence-corrected chi connectivity index (χ4v) is 2.36. The van der Waals surface area contributed by atoms with E-state index in [-0.39, 0.29) is 5.91 Å². The zero-order valence-electron chi connectivity index (χ0n) is 11.9. The van der Waals surface area contributed by atoms with Crippen molar-refractivity contribution in [3.8, 4) is 0 Å². The van der Waals surface area contributed by atoms with Gasteiger partial charge in [-0.25, -0.2) is 0 Å². The van der Waals surface area contributed by atoms with E-state index in [0.29, 0.717) is 13.1 Å². The van der Waals surface area contributed by atoms with E-state index in [9.17, 15) is 4.79 Å². The molecule has 2 N–H and O–H groups in total. The topological polar surface area (TPSA) is 54.0 Å². The van der Waals surface area contributed by atoms with Crippen molar-refractivity contribution < 1.29 is 4.79 Å². The lowest BCUT2D eigenvalue weighted by Crippen LogP contribution is -2.34. The number of aromatic nitrogens is 1. The molecule has 1 aliphatic rings. The van der Waals surface area contributed by atoms with Gasteiger partial charge in [-0.05, 0) is 44.2 Å². The van der Waals surface area contributed by atoms with Crippen LogP contribution in [0.4, 0.5) is 0 Å². The van der Waals surface area contributed by atoms with E-state index in [1.54, 1.807) is 6.20 Å². The van der Waals surface area contributed by atoms with Gasteiger partial charge in [-0.3, -0.25) is 9.78 Å². The zero-order valence-corrected chi connectivity index (χ0v) is 11.9. The maximum absolute atomic E-state index is 11.7. The highest BCUT2D eigenvalue weighted by Gasteiger charge is 2.05. The summed E-state index contributed by atoms with van der Waals surface area (Å²) in [6, 6.07) is 5.78. The number of allylic oxidation sites excluding steroid dienone is 1. The van der Waals surface area contributed by atoms with Crippen LogP contribution in [0, 0.1) is 0 Å². The molecule has 0 fully saturated rings. The first kappa shape index (κ1) is 14.7. The molecule has 1 amide bonds. The average molecular weight is 273 g/mol. The van der Waals surface area contributed by atoms with Crippen LogP contribution < -0.4 is 10.6 Å². The highest BCUT2D eigenvalue weighted by Crippen LogP contribution is 2.19. The summed E-state index contributed by atoms with van der Waals surface area (Å²) in [7, 11) is 0. The Kier molecular flexibility index (Phi) is 6.24. The molecule has 0 aromatic carbocycles. The lowest BCUT2D eigenvalue weighted by molar-refractivity contribution is -0.120. The molecule has 1 aromatic rings. The Morgan fingerprint density at radius 3 is 3.00 bits per heavy atom. The third kappa shape index (κ3) is 5.53. The maximum Gasteiger partial charge on any atom is 0.233 e. The smallest absolute Gasteiger partial charge is 0.233 e. The zero-order chi connectivity index (χ0) is 14.0. The number of hydrogen-bond acceptors (Lipinski definition) is 3. The number of pyridine rings is 1. The van der Waals surface area contributed by atoms with Gasteiger partial charge in [0.15, 0.2) is 0 Å². The van der Waals surface area contributed by atoms with Crippen molar-refractivity contribution in [1.29, 1.82) is 0 Å². The quantitative estimate of drug-likeness (QED) is 0.749. The van der Waals surface area contributed by atoms with Crippen molar-refractivity contribution in [3.63, 3.8) is 0 Å². The van der Waals surface area contributed by atoms with Crippen LogP contribution in [-0.2, 0) is 11.3 Å². The molecule has 1 aliphatic carbocycles. The number of carbonyl (C=O) groups is 1. The molecule has 1 aromatic heterocycles. The standard InChI is InChI=1S/C16H23N3O/c20-16(13-17-12-15-8-4-5-10-18-15)19-11-9-14-6-2-1-3-7-14/h4-6,8,10,17H,1-3,7,9,11-13H2,(H,19,20). The molecule has 0 saturated heterocycles. The molecule has 20 heavy (non-hydrogen) atoms. The number of hydrogen-bond donors (Lipinski definition) is 2. The molecule has 0 saturated carbocycles. The molecule has 0 spiro atoms. The summed E-state index contributed by atoms with van der Waals surface area (Å²) >= 11 is 0. The first-order chi connectivity index (χ1) is 9.84. The van der Waals surface area contributed by atoms with Gasteiger partial charge in [0.25, 0.3) is 0 Å². The van der Waals surface area contributed by atoms with Crippen LogP contribution in [0.15, 0.2) is 36.0 Å². The molecule has 1 heterocycles. The summed E-state index contributed by atoms with van der Waals surface area (Å²) in [6.45, 7) is 1.71. The van der Waals surface area contributed by atoms with Crippen molar-refractivity contribution in [2.24, 2.45) is 0 Å². The molecular weight excluding hydrogens is 250 g/mol. The Hall–Kier alpha value is -1.68. The van der Waals surface area contributed by atoms with E-state index in [1.165, 1.54) is 31.3 Å². The van der Waals surface area contributed by atoms with Crippen LogP contribution >= 0.6 is 0 Å². The van der Waals surface area contributed by atoms with Gasteiger partial charge >= 0.3 is 0 Å². The third-order valence-corrected chi connectivity index (χ3v) is 3.47. The van der Waals surface area contributed by atoms with Crippen LogP contribution in [0.2, 0.25) is 0 Å². The van der Waals surface area contributed by atoms with Gasteiger partial charge in [0, 0.05) is 19.3 Å². The summed E-state index contributed by atoms with van der Waals surface area (Å²) in [6.07, 6.45) is 10.1. The van der Waals surface area contributed by atoms with Gasteiger partial charge in [-0.2, -0.15) is 0 Å². The predicted octanol–water partition coefficient (Wildman–Crippen LogP) is 2.18. The monoisotopic (exact) mass is 273 g/mol.